The van der Waals surface area contributed by atoms with Crippen LogP contribution in [0.2, 0.25) is 6.32 Å². The maximum atomic E-state index is 11.0. The molecule has 112 valence electrons. The van der Waals surface area contributed by atoms with Gasteiger partial charge in [0.05, 0.1) is 0 Å². The Labute approximate surface area is 115 Å². The summed E-state index contributed by atoms with van der Waals surface area (Å²) >= 11 is 0. The second kappa shape index (κ2) is 9.31. The van der Waals surface area contributed by atoms with Crippen molar-refractivity contribution in [3.63, 3.8) is 0 Å². The minimum Gasteiger partial charge on any atom is -0.480 e. The molecular formula is C12H27BN2O4. The van der Waals surface area contributed by atoms with E-state index in [1.807, 2.05) is 25.9 Å². The Bertz CT molecular complexity index is 264. The van der Waals surface area contributed by atoms with Gasteiger partial charge in [-0.25, -0.2) is 0 Å². The average molecular weight is 274 g/mol. The van der Waals surface area contributed by atoms with Crippen molar-refractivity contribution in [2.45, 2.75) is 38.5 Å². The summed E-state index contributed by atoms with van der Waals surface area (Å²) < 4.78 is 0. The number of carboxylic acid groups (broad SMARTS) is 1. The normalized spacial score (nSPS) is 16.2. The summed E-state index contributed by atoms with van der Waals surface area (Å²) in [5.74, 6) is -0.730. The molecule has 0 aliphatic rings. The van der Waals surface area contributed by atoms with Crippen molar-refractivity contribution in [3.8, 4) is 0 Å². The molecule has 0 aliphatic carbocycles. The van der Waals surface area contributed by atoms with Gasteiger partial charge in [0.25, 0.3) is 0 Å². The molecule has 0 spiro atoms. The third kappa shape index (κ3) is 8.99. The van der Waals surface area contributed by atoms with Crippen molar-refractivity contribution in [2.24, 2.45) is 17.6 Å². The van der Waals surface area contributed by atoms with Crippen LogP contribution < -0.4 is 5.73 Å². The lowest BCUT2D eigenvalue weighted by Crippen LogP contribution is -2.42. The number of nitrogens with two attached hydrogens (primary N) is 1. The number of carbonyl (C=O) groups is 1. The molecule has 19 heavy (non-hydrogen) atoms. The fourth-order valence-electron chi connectivity index (χ4n) is 2.13. The molecule has 0 aromatic rings. The molecule has 0 heterocycles. The first kappa shape index (κ1) is 18.4. The van der Waals surface area contributed by atoms with Gasteiger partial charge in [-0.1, -0.05) is 19.8 Å². The van der Waals surface area contributed by atoms with Gasteiger partial charge in [-0.3, -0.25) is 4.79 Å². The van der Waals surface area contributed by atoms with E-state index < -0.39 is 19.1 Å². The van der Waals surface area contributed by atoms with E-state index in [1.165, 1.54) is 0 Å². The van der Waals surface area contributed by atoms with Crippen LogP contribution in [0.3, 0.4) is 0 Å². The quantitative estimate of drug-likeness (QED) is 0.413. The monoisotopic (exact) mass is 274 g/mol. The summed E-state index contributed by atoms with van der Waals surface area (Å²) in [4.78, 5) is 12.9. The predicted molar refractivity (Wildman–Crippen MR) is 75.7 cm³/mol. The highest BCUT2D eigenvalue weighted by Gasteiger charge is 2.25. The molecule has 0 saturated heterocycles. The SMILES string of the molecule is CC(CCB(O)O)CCC(CN(C)C)C(N)C(=O)O. The van der Waals surface area contributed by atoms with E-state index in [1.54, 1.807) is 0 Å². The molecular weight excluding hydrogens is 247 g/mol. The predicted octanol–water partition coefficient (Wildman–Crippen LogP) is -0.145. The molecule has 0 rings (SSSR count). The molecule has 0 radical (unpaired) electrons. The van der Waals surface area contributed by atoms with Crippen molar-refractivity contribution >= 4 is 13.1 Å². The summed E-state index contributed by atoms with van der Waals surface area (Å²) in [6, 6.07) is -0.849. The van der Waals surface area contributed by atoms with Crippen molar-refractivity contribution < 1.29 is 19.9 Å². The molecule has 0 aromatic carbocycles. The highest BCUT2D eigenvalue weighted by molar-refractivity contribution is 6.40. The molecule has 0 aromatic heterocycles. The highest BCUT2D eigenvalue weighted by atomic mass is 16.4. The summed E-state index contributed by atoms with van der Waals surface area (Å²) in [5.41, 5.74) is 5.71. The molecule has 5 N–H and O–H groups in total. The van der Waals surface area contributed by atoms with Gasteiger partial charge < -0.3 is 25.8 Å². The van der Waals surface area contributed by atoms with Crippen LogP contribution in [0.1, 0.15) is 26.2 Å². The van der Waals surface area contributed by atoms with Gasteiger partial charge in [-0.15, -0.1) is 0 Å². The Morgan fingerprint density at radius 2 is 1.84 bits per heavy atom. The average Bonchev–Trinajstić information content (AvgIpc) is 2.30. The first-order valence-corrected chi connectivity index (χ1v) is 6.73. The topological polar surface area (TPSA) is 107 Å². The van der Waals surface area contributed by atoms with E-state index in [2.05, 4.69) is 0 Å². The van der Waals surface area contributed by atoms with Crippen LogP contribution in [0.15, 0.2) is 0 Å². The first-order valence-electron chi connectivity index (χ1n) is 6.73. The Balaban J connectivity index is 4.21. The Kier molecular flexibility index (Phi) is 9.00. The molecule has 7 heteroatoms. The maximum Gasteiger partial charge on any atom is 0.451 e. The minimum atomic E-state index is -1.26. The van der Waals surface area contributed by atoms with E-state index in [-0.39, 0.29) is 5.92 Å². The van der Waals surface area contributed by atoms with Crippen molar-refractivity contribution in [1.29, 1.82) is 0 Å². The molecule has 3 unspecified atom stereocenters. The van der Waals surface area contributed by atoms with Crippen LogP contribution in [0.25, 0.3) is 0 Å². The van der Waals surface area contributed by atoms with Crippen LogP contribution in [-0.2, 0) is 4.79 Å². The van der Waals surface area contributed by atoms with Crippen LogP contribution in [0.5, 0.6) is 0 Å². The standard InChI is InChI=1S/C12H27BN2O4/c1-9(6-7-13(18)19)4-5-10(8-15(2)3)11(14)12(16)17/h9-11,18-19H,4-8,14H2,1-3H3,(H,16,17). The smallest absolute Gasteiger partial charge is 0.451 e. The Morgan fingerprint density at radius 3 is 2.26 bits per heavy atom. The van der Waals surface area contributed by atoms with E-state index >= 15 is 0 Å². The summed E-state index contributed by atoms with van der Waals surface area (Å²) in [7, 11) is 2.53. The van der Waals surface area contributed by atoms with Gasteiger partial charge in [0.1, 0.15) is 6.04 Å². The second-order valence-corrected chi connectivity index (χ2v) is 5.63. The van der Waals surface area contributed by atoms with Crippen molar-refractivity contribution in [3.05, 3.63) is 0 Å². The van der Waals surface area contributed by atoms with E-state index in [4.69, 9.17) is 20.9 Å². The lowest BCUT2D eigenvalue weighted by Gasteiger charge is -2.25. The van der Waals surface area contributed by atoms with Crippen LogP contribution >= 0.6 is 0 Å². The minimum absolute atomic E-state index is 0.0889. The molecule has 0 bridgehead atoms. The fraction of sp³-hybridized carbons (Fsp3) is 0.917. The molecule has 6 nitrogen and oxygen atoms in total. The fourth-order valence-corrected chi connectivity index (χ4v) is 2.13. The Hall–Kier alpha value is -0.625. The van der Waals surface area contributed by atoms with Gasteiger partial charge >= 0.3 is 13.1 Å². The van der Waals surface area contributed by atoms with E-state index in [9.17, 15) is 4.79 Å². The Morgan fingerprint density at radius 1 is 1.26 bits per heavy atom. The van der Waals surface area contributed by atoms with Gasteiger partial charge in [0.2, 0.25) is 0 Å². The number of hydrogen-bond acceptors (Lipinski definition) is 5. The number of hydrogen-bond donors (Lipinski definition) is 4. The number of aliphatic carboxylic acids is 1. The highest BCUT2D eigenvalue weighted by Crippen LogP contribution is 2.20. The van der Waals surface area contributed by atoms with Crippen LogP contribution in [0, 0.1) is 11.8 Å². The van der Waals surface area contributed by atoms with Gasteiger partial charge in [-0.2, -0.15) is 0 Å². The van der Waals surface area contributed by atoms with Gasteiger partial charge in [-0.05, 0) is 38.7 Å². The zero-order valence-corrected chi connectivity index (χ0v) is 12.1. The first-order chi connectivity index (χ1) is 8.73. The summed E-state index contributed by atoms with van der Waals surface area (Å²) in [6.45, 7) is 2.67. The molecule has 0 aliphatic heterocycles. The number of carboxylic acids is 1. The molecule has 0 amide bonds. The zero-order chi connectivity index (χ0) is 15.0. The van der Waals surface area contributed by atoms with Crippen molar-refractivity contribution in [1.82, 2.24) is 4.90 Å². The lowest BCUT2D eigenvalue weighted by atomic mass is 9.79. The molecule has 3 atom stereocenters. The molecule has 0 fully saturated rings. The number of nitrogens with zero attached hydrogens (tertiary/aromatic N) is 1. The summed E-state index contributed by atoms with van der Waals surface area (Å²) in [5, 5.41) is 26.6. The van der Waals surface area contributed by atoms with Gasteiger partial charge in [0, 0.05) is 6.54 Å². The van der Waals surface area contributed by atoms with E-state index in [0.717, 1.165) is 12.8 Å². The molecule has 0 saturated carbocycles. The van der Waals surface area contributed by atoms with Gasteiger partial charge in [0.15, 0.2) is 0 Å². The van der Waals surface area contributed by atoms with Crippen LogP contribution in [0.4, 0.5) is 0 Å². The van der Waals surface area contributed by atoms with E-state index in [0.29, 0.717) is 25.2 Å². The van der Waals surface area contributed by atoms with Crippen molar-refractivity contribution in [2.75, 3.05) is 20.6 Å². The third-order valence-electron chi connectivity index (χ3n) is 3.34. The summed E-state index contributed by atoms with van der Waals surface area (Å²) in [6.07, 6.45) is 2.64. The third-order valence-corrected chi connectivity index (χ3v) is 3.34. The second-order valence-electron chi connectivity index (χ2n) is 5.63. The lowest BCUT2D eigenvalue weighted by molar-refractivity contribution is -0.140. The van der Waals surface area contributed by atoms with Crippen LogP contribution in [-0.4, -0.2) is 59.8 Å². The number of rotatable bonds is 10. The largest absolute Gasteiger partial charge is 0.480 e. The maximum absolute atomic E-state index is 11.0. The zero-order valence-electron chi connectivity index (χ0n) is 12.1.